The van der Waals surface area contributed by atoms with Gasteiger partial charge in [0.15, 0.2) is 0 Å². The predicted octanol–water partition coefficient (Wildman–Crippen LogP) is 2.37. The van der Waals surface area contributed by atoms with Crippen molar-refractivity contribution in [3.63, 3.8) is 0 Å². The molecule has 36 valence electrons. The van der Waals surface area contributed by atoms with Gasteiger partial charge in [-0.25, -0.2) is 0 Å². The Balaban J connectivity index is 0. The summed E-state index contributed by atoms with van der Waals surface area (Å²) in [4.78, 5) is 0. The van der Waals surface area contributed by atoms with Crippen LogP contribution in [0.15, 0.2) is 0 Å². The van der Waals surface area contributed by atoms with Crippen LogP contribution in [0.2, 0.25) is 0 Å². The van der Waals surface area contributed by atoms with E-state index in [0.29, 0.717) is 0 Å². The van der Waals surface area contributed by atoms with Gasteiger partial charge >= 0.3 is 0 Å². The van der Waals surface area contributed by atoms with Gasteiger partial charge in [0.25, 0.3) is 0 Å². The molecule has 0 aliphatic rings. The van der Waals surface area contributed by atoms with Gasteiger partial charge in [0.05, 0.1) is 0 Å². The minimum atomic E-state index is 0. The summed E-state index contributed by atoms with van der Waals surface area (Å²) in [5, 5.41) is 0. The van der Waals surface area contributed by atoms with Gasteiger partial charge in [-0.15, -0.1) is 50.9 Å². The zero-order chi connectivity index (χ0) is 0. The molecular formula is CH7Br3Hf. The minimum Gasteiger partial charge on any atom is -0.114 e. The molecule has 0 atom stereocenters. The molecule has 0 aromatic heterocycles. The molecule has 0 amide bonds. The second-order valence-electron chi connectivity index (χ2n) is 0. The Kier molecular flexibility index (Phi) is 364. The summed E-state index contributed by atoms with van der Waals surface area (Å²) in [5.74, 6) is 0. The van der Waals surface area contributed by atoms with Crippen LogP contribution in [0.1, 0.15) is 7.43 Å². The third-order valence-corrected chi connectivity index (χ3v) is 0. The topological polar surface area (TPSA) is 0 Å². The molecule has 0 fully saturated rings. The second kappa shape index (κ2) is 33.3. The smallest absolute Gasteiger partial charge is 0 e. The molecule has 0 aliphatic heterocycles. The Morgan fingerprint density at radius 1 is 0.600 bits per heavy atom. The van der Waals surface area contributed by atoms with Crippen LogP contribution in [0, 0.1) is 0 Å². The van der Waals surface area contributed by atoms with Crippen molar-refractivity contribution in [1.29, 1.82) is 0 Å². The molecule has 0 saturated carbocycles. The van der Waals surface area contributed by atoms with Crippen LogP contribution < -0.4 is 0 Å². The summed E-state index contributed by atoms with van der Waals surface area (Å²) in [7, 11) is 0. The van der Waals surface area contributed by atoms with E-state index >= 15 is 0 Å². The van der Waals surface area contributed by atoms with Crippen LogP contribution in [0.3, 0.4) is 0 Å². The maximum absolute atomic E-state index is 0. The van der Waals surface area contributed by atoms with E-state index in [2.05, 4.69) is 0 Å². The van der Waals surface area contributed by atoms with E-state index < -0.39 is 0 Å². The summed E-state index contributed by atoms with van der Waals surface area (Å²) in [6.07, 6.45) is 0. The van der Waals surface area contributed by atoms with E-state index in [-0.39, 0.29) is 84.2 Å². The van der Waals surface area contributed by atoms with Crippen molar-refractivity contribution in [1.82, 2.24) is 0 Å². The third-order valence-electron chi connectivity index (χ3n) is 0. The van der Waals surface area contributed by atoms with Crippen molar-refractivity contribution in [3.05, 3.63) is 0 Å². The van der Waals surface area contributed by atoms with E-state index in [1.54, 1.807) is 0 Å². The quantitative estimate of drug-likeness (QED) is 0.511. The molecule has 0 spiro atoms. The van der Waals surface area contributed by atoms with E-state index in [1.165, 1.54) is 0 Å². The van der Waals surface area contributed by atoms with Crippen LogP contribution in [-0.4, -0.2) is 0 Å². The average Bonchev–Trinajstić information content (AvgIpc) is 0. The standard InChI is InChI=1S/CH4.3BrH.Hf/h1H4;3*1H;. The Morgan fingerprint density at radius 3 is 0.600 bits per heavy atom. The molecule has 0 rings (SSSR count). The molecule has 0 unspecified atom stereocenters. The molecular weight excluding hydrogens is 430 g/mol. The van der Waals surface area contributed by atoms with Gasteiger partial charge < -0.3 is 0 Å². The van der Waals surface area contributed by atoms with Gasteiger partial charge in [0, 0.05) is 25.8 Å². The number of hydrogen-bond donors (Lipinski definition) is 0. The summed E-state index contributed by atoms with van der Waals surface area (Å²) < 4.78 is 0. The summed E-state index contributed by atoms with van der Waals surface area (Å²) in [5.41, 5.74) is 0. The second-order valence-corrected chi connectivity index (χ2v) is 0. The maximum atomic E-state index is 0. The molecule has 0 aliphatic carbocycles. The van der Waals surface area contributed by atoms with E-state index in [4.69, 9.17) is 0 Å². The zero-order valence-electron chi connectivity index (χ0n) is 1.72. The maximum Gasteiger partial charge on any atom is 0 e. The molecule has 0 nitrogen and oxygen atoms in total. The first-order chi connectivity index (χ1) is 0. The fraction of sp³-hybridized carbons (Fsp3) is 1.00. The van der Waals surface area contributed by atoms with Crippen LogP contribution in [0.25, 0.3) is 0 Å². The number of hydrogen-bond acceptors (Lipinski definition) is 0. The van der Waals surface area contributed by atoms with Gasteiger partial charge in [-0.3, -0.25) is 0 Å². The Labute approximate surface area is 83.2 Å². The van der Waals surface area contributed by atoms with Crippen molar-refractivity contribution in [2.45, 2.75) is 7.43 Å². The summed E-state index contributed by atoms with van der Waals surface area (Å²) in [6.45, 7) is 0. The van der Waals surface area contributed by atoms with E-state index in [1.807, 2.05) is 0 Å². The molecule has 0 N–H and O–H groups in total. The van der Waals surface area contributed by atoms with Gasteiger partial charge in [-0.1, -0.05) is 7.43 Å². The number of rotatable bonds is 0. The van der Waals surface area contributed by atoms with Gasteiger partial charge in [-0.05, 0) is 0 Å². The summed E-state index contributed by atoms with van der Waals surface area (Å²) in [6, 6.07) is 0. The van der Waals surface area contributed by atoms with Crippen molar-refractivity contribution in [3.8, 4) is 0 Å². The average molecular weight is 437 g/mol. The third kappa shape index (κ3) is 22.0. The first kappa shape index (κ1) is 54.5. The monoisotopic (exact) mass is 436 g/mol. The molecule has 0 bridgehead atoms. The van der Waals surface area contributed by atoms with Crippen LogP contribution in [0.4, 0.5) is 0 Å². The first-order valence-corrected chi connectivity index (χ1v) is 0. The van der Waals surface area contributed by atoms with Gasteiger partial charge in [0.2, 0.25) is 0 Å². The van der Waals surface area contributed by atoms with E-state index in [9.17, 15) is 0 Å². The number of halogens is 3. The molecule has 4 heteroatoms. The molecule has 0 aromatic carbocycles. The molecule has 0 heterocycles. The Hall–Kier alpha value is 2.31. The fourth-order valence-electron chi connectivity index (χ4n) is 0. The summed E-state index contributed by atoms with van der Waals surface area (Å²) >= 11 is 0. The Bertz CT molecular complexity index is 6.85. The zero-order valence-corrected chi connectivity index (χ0v) is 10.5. The van der Waals surface area contributed by atoms with Crippen molar-refractivity contribution in [2.24, 2.45) is 0 Å². The molecule has 0 radical (unpaired) electrons. The predicted molar refractivity (Wildman–Crippen MR) is 37.7 cm³/mol. The minimum absolute atomic E-state index is 0. The van der Waals surface area contributed by atoms with Crippen molar-refractivity contribution < 1.29 is 25.8 Å². The van der Waals surface area contributed by atoms with Crippen molar-refractivity contribution >= 4 is 50.9 Å². The molecule has 5 heavy (non-hydrogen) atoms. The van der Waals surface area contributed by atoms with Gasteiger partial charge in [0.1, 0.15) is 0 Å². The SMILES string of the molecule is Br.Br.Br.C.[Hf]. The van der Waals surface area contributed by atoms with Crippen LogP contribution in [0.5, 0.6) is 0 Å². The Morgan fingerprint density at radius 2 is 0.600 bits per heavy atom. The molecule has 0 aromatic rings. The fourth-order valence-corrected chi connectivity index (χ4v) is 0. The van der Waals surface area contributed by atoms with Gasteiger partial charge in [-0.2, -0.15) is 0 Å². The van der Waals surface area contributed by atoms with Crippen LogP contribution in [-0.2, 0) is 25.8 Å². The van der Waals surface area contributed by atoms with Crippen molar-refractivity contribution in [2.75, 3.05) is 0 Å². The van der Waals surface area contributed by atoms with Crippen LogP contribution >= 0.6 is 50.9 Å². The molecule has 0 saturated heterocycles. The largest absolute Gasteiger partial charge is 0.114 e. The normalized spacial score (nSPS) is 0. The first-order valence-electron chi connectivity index (χ1n) is 0. The van der Waals surface area contributed by atoms with E-state index in [0.717, 1.165) is 0 Å².